The number of hydrogen-bond donors (Lipinski definition) is 2. The van der Waals surface area contributed by atoms with Crippen molar-refractivity contribution in [1.29, 1.82) is 0 Å². The zero-order valence-electron chi connectivity index (χ0n) is 25.8. The van der Waals surface area contributed by atoms with E-state index in [1.807, 2.05) is 66.7 Å². The Hall–Kier alpha value is -2.57. The molecule has 1 rings (SSSR count). The van der Waals surface area contributed by atoms with Crippen LogP contribution in [0.25, 0.3) is 0 Å². The van der Waals surface area contributed by atoms with Crippen molar-refractivity contribution in [1.82, 2.24) is 15.5 Å². The van der Waals surface area contributed by atoms with Crippen LogP contribution in [0.4, 0.5) is 4.79 Å². The van der Waals surface area contributed by atoms with Gasteiger partial charge in [-0.1, -0.05) is 70.2 Å². The third-order valence-corrected chi connectivity index (χ3v) is 6.47. The number of benzene rings is 1. The maximum absolute atomic E-state index is 14.3. The number of nitrogens with zero attached hydrogens (tertiary/aromatic N) is 1. The Kier molecular flexibility index (Phi) is 12.8. The fourth-order valence-electron chi connectivity index (χ4n) is 4.39. The van der Waals surface area contributed by atoms with Crippen LogP contribution < -0.4 is 10.6 Å². The standard InChI is InChI=1S/C31H53N3O4/c1-12-14-15-16-19-34(28(36)25(22(4)13-2)32-29(37)38-31(9,10)11)26(27(35)33-30(6,7)8)24-18-17-21(3)20-23(24)5/h17-18,20,22,25-26H,12-16,19H2,1-11H3,(H,32,37)(H,33,35). The van der Waals surface area contributed by atoms with Crippen molar-refractivity contribution in [3.05, 3.63) is 34.9 Å². The molecule has 3 unspecified atom stereocenters. The molecule has 1 aromatic carbocycles. The summed E-state index contributed by atoms with van der Waals surface area (Å²) in [5.41, 5.74) is 1.66. The summed E-state index contributed by atoms with van der Waals surface area (Å²) in [6.45, 7) is 21.6. The number of alkyl carbamates (subject to hydrolysis) is 1. The zero-order chi connectivity index (χ0) is 29.3. The summed E-state index contributed by atoms with van der Waals surface area (Å²) < 4.78 is 5.50. The van der Waals surface area contributed by atoms with Gasteiger partial charge in [-0.25, -0.2) is 4.79 Å². The van der Waals surface area contributed by atoms with E-state index in [1.165, 1.54) is 0 Å². The van der Waals surface area contributed by atoms with Gasteiger partial charge >= 0.3 is 6.09 Å². The molecule has 216 valence electrons. The molecule has 0 radical (unpaired) electrons. The molecule has 0 aromatic heterocycles. The van der Waals surface area contributed by atoms with E-state index in [4.69, 9.17) is 4.74 Å². The average Bonchev–Trinajstić information content (AvgIpc) is 2.77. The smallest absolute Gasteiger partial charge is 0.408 e. The van der Waals surface area contributed by atoms with Crippen LogP contribution in [0, 0.1) is 19.8 Å². The summed E-state index contributed by atoms with van der Waals surface area (Å²) in [5.74, 6) is -0.650. The predicted octanol–water partition coefficient (Wildman–Crippen LogP) is 6.61. The number of amides is 3. The van der Waals surface area contributed by atoms with E-state index in [-0.39, 0.29) is 17.7 Å². The molecule has 7 heteroatoms. The number of hydrogen-bond acceptors (Lipinski definition) is 4. The Morgan fingerprint density at radius 1 is 0.974 bits per heavy atom. The van der Waals surface area contributed by atoms with Gasteiger partial charge in [-0.15, -0.1) is 0 Å². The average molecular weight is 532 g/mol. The van der Waals surface area contributed by atoms with Gasteiger partial charge in [0.15, 0.2) is 0 Å². The first-order valence-electron chi connectivity index (χ1n) is 14.2. The molecule has 0 heterocycles. The van der Waals surface area contributed by atoms with Crippen molar-refractivity contribution < 1.29 is 19.1 Å². The molecule has 0 aliphatic carbocycles. The first-order valence-corrected chi connectivity index (χ1v) is 14.2. The van der Waals surface area contributed by atoms with Crippen molar-refractivity contribution in [3.63, 3.8) is 0 Å². The van der Waals surface area contributed by atoms with Gasteiger partial charge in [-0.2, -0.15) is 0 Å². The van der Waals surface area contributed by atoms with Crippen molar-refractivity contribution in [2.24, 2.45) is 5.92 Å². The lowest BCUT2D eigenvalue weighted by Gasteiger charge is -2.38. The molecule has 0 spiro atoms. The second-order valence-corrected chi connectivity index (χ2v) is 12.6. The Balaban J connectivity index is 3.62. The molecular formula is C31H53N3O4. The van der Waals surface area contributed by atoms with Crippen molar-refractivity contribution >= 4 is 17.9 Å². The molecule has 0 saturated heterocycles. The number of ether oxygens (including phenoxy) is 1. The number of carbonyl (C=O) groups is 3. The number of nitrogens with one attached hydrogen (secondary N) is 2. The second kappa shape index (κ2) is 14.5. The van der Waals surface area contributed by atoms with E-state index in [2.05, 4.69) is 17.6 Å². The van der Waals surface area contributed by atoms with Gasteiger partial charge in [0.05, 0.1) is 0 Å². The van der Waals surface area contributed by atoms with E-state index < -0.39 is 29.3 Å². The molecule has 3 amide bonds. The quantitative estimate of drug-likeness (QED) is 0.297. The van der Waals surface area contributed by atoms with Gasteiger partial charge in [0.2, 0.25) is 11.8 Å². The van der Waals surface area contributed by atoms with Crippen LogP contribution in [0.3, 0.4) is 0 Å². The van der Waals surface area contributed by atoms with Crippen LogP contribution in [-0.2, 0) is 14.3 Å². The second-order valence-electron chi connectivity index (χ2n) is 12.6. The Labute approximate surface area is 231 Å². The van der Waals surface area contributed by atoms with Gasteiger partial charge in [0.25, 0.3) is 0 Å². The van der Waals surface area contributed by atoms with E-state index in [0.717, 1.165) is 42.4 Å². The SMILES string of the molecule is CCCCCCN(C(=O)C(NC(=O)OC(C)(C)C)C(C)CC)C(C(=O)NC(C)(C)C)c1ccc(C)cc1C. The lowest BCUT2D eigenvalue weighted by atomic mass is 9.93. The van der Waals surface area contributed by atoms with E-state index in [1.54, 1.807) is 25.7 Å². The Morgan fingerprint density at radius 3 is 2.11 bits per heavy atom. The molecular weight excluding hydrogens is 478 g/mol. The van der Waals surface area contributed by atoms with Crippen LogP contribution in [-0.4, -0.2) is 46.5 Å². The lowest BCUT2D eigenvalue weighted by molar-refractivity contribution is -0.144. The highest BCUT2D eigenvalue weighted by atomic mass is 16.6. The minimum Gasteiger partial charge on any atom is -0.444 e. The van der Waals surface area contributed by atoms with Crippen LogP contribution in [0.2, 0.25) is 0 Å². The number of aryl methyl sites for hydroxylation is 2. The van der Waals surface area contributed by atoms with Crippen molar-refractivity contribution in [3.8, 4) is 0 Å². The van der Waals surface area contributed by atoms with Gasteiger partial charge < -0.3 is 20.3 Å². The molecule has 0 fully saturated rings. The maximum atomic E-state index is 14.3. The van der Waals surface area contributed by atoms with Crippen LogP contribution >= 0.6 is 0 Å². The van der Waals surface area contributed by atoms with Gasteiger partial charge in [0.1, 0.15) is 17.7 Å². The lowest BCUT2D eigenvalue weighted by Crippen LogP contribution is -2.56. The summed E-state index contributed by atoms with van der Waals surface area (Å²) >= 11 is 0. The normalized spacial score (nSPS) is 14.3. The molecule has 0 saturated carbocycles. The number of rotatable bonds is 12. The number of unbranched alkanes of at least 4 members (excludes halogenated alkanes) is 3. The fourth-order valence-corrected chi connectivity index (χ4v) is 4.39. The summed E-state index contributed by atoms with van der Waals surface area (Å²) in [7, 11) is 0. The molecule has 2 N–H and O–H groups in total. The van der Waals surface area contributed by atoms with E-state index in [0.29, 0.717) is 13.0 Å². The summed E-state index contributed by atoms with van der Waals surface area (Å²) in [5, 5.41) is 5.94. The third kappa shape index (κ3) is 11.0. The largest absolute Gasteiger partial charge is 0.444 e. The molecule has 0 aliphatic heterocycles. The van der Waals surface area contributed by atoms with Crippen LogP contribution in [0.5, 0.6) is 0 Å². The highest BCUT2D eigenvalue weighted by molar-refractivity contribution is 5.92. The van der Waals surface area contributed by atoms with Crippen LogP contribution in [0.1, 0.15) is 117 Å². The van der Waals surface area contributed by atoms with E-state index in [9.17, 15) is 14.4 Å². The summed E-state index contributed by atoms with van der Waals surface area (Å²) in [6.07, 6.45) is 3.88. The highest BCUT2D eigenvalue weighted by Crippen LogP contribution is 2.29. The summed E-state index contributed by atoms with van der Waals surface area (Å²) in [4.78, 5) is 42.7. The molecule has 38 heavy (non-hydrogen) atoms. The first-order chi connectivity index (χ1) is 17.5. The molecule has 0 aliphatic rings. The van der Waals surface area contributed by atoms with Gasteiger partial charge in [-0.3, -0.25) is 9.59 Å². The van der Waals surface area contributed by atoms with Crippen LogP contribution in [0.15, 0.2) is 18.2 Å². The Morgan fingerprint density at radius 2 is 1.61 bits per heavy atom. The van der Waals surface area contributed by atoms with Gasteiger partial charge in [0, 0.05) is 12.1 Å². The van der Waals surface area contributed by atoms with Crippen molar-refractivity contribution in [2.45, 2.75) is 131 Å². The highest BCUT2D eigenvalue weighted by Gasteiger charge is 2.39. The monoisotopic (exact) mass is 531 g/mol. The summed E-state index contributed by atoms with van der Waals surface area (Å²) in [6, 6.07) is 4.32. The van der Waals surface area contributed by atoms with Gasteiger partial charge in [-0.05, 0) is 78.9 Å². The zero-order valence-corrected chi connectivity index (χ0v) is 25.8. The maximum Gasteiger partial charge on any atom is 0.408 e. The number of carbonyl (C=O) groups excluding carboxylic acids is 3. The molecule has 7 nitrogen and oxygen atoms in total. The first kappa shape index (κ1) is 33.5. The minimum atomic E-state index is -0.823. The Bertz CT molecular complexity index is 930. The molecule has 0 bridgehead atoms. The van der Waals surface area contributed by atoms with Crippen molar-refractivity contribution in [2.75, 3.05) is 6.54 Å². The fraction of sp³-hybridized carbons (Fsp3) is 0.710. The third-order valence-electron chi connectivity index (χ3n) is 6.47. The molecule has 3 atom stereocenters. The minimum absolute atomic E-state index is 0.154. The topological polar surface area (TPSA) is 87.7 Å². The van der Waals surface area contributed by atoms with E-state index >= 15 is 0 Å². The predicted molar refractivity (Wildman–Crippen MR) is 155 cm³/mol. The molecule has 1 aromatic rings.